The van der Waals surface area contributed by atoms with Gasteiger partial charge in [0.15, 0.2) is 0 Å². The van der Waals surface area contributed by atoms with Crippen LogP contribution >= 0.6 is 0 Å². The summed E-state index contributed by atoms with van der Waals surface area (Å²) in [6, 6.07) is 1.99. The first-order valence-electron chi connectivity index (χ1n) is 7.11. The average Bonchev–Trinajstić information content (AvgIpc) is 2.53. The fraction of sp³-hybridized carbons (Fsp3) is 0.667. The minimum absolute atomic E-state index is 0.201. The molecule has 21 heavy (non-hydrogen) atoms. The van der Waals surface area contributed by atoms with Gasteiger partial charge in [-0.05, 0) is 25.3 Å². The number of nitrogens with zero attached hydrogens (tertiary/aromatic N) is 2. The normalized spacial score (nSPS) is 27.7. The van der Waals surface area contributed by atoms with E-state index in [-0.39, 0.29) is 29.8 Å². The van der Waals surface area contributed by atoms with E-state index in [2.05, 4.69) is 15.7 Å². The molecule has 114 valence electrons. The van der Waals surface area contributed by atoms with E-state index in [1.165, 1.54) is 14.2 Å². The fourth-order valence-electron chi connectivity index (χ4n) is 3.32. The number of hydrogen-bond donors (Lipinski definition) is 0. The highest BCUT2D eigenvalue weighted by molar-refractivity contribution is 5.75. The molecule has 2 heterocycles. The van der Waals surface area contributed by atoms with Gasteiger partial charge < -0.3 is 9.47 Å². The van der Waals surface area contributed by atoms with E-state index in [1.54, 1.807) is 0 Å². The topological polar surface area (TPSA) is 79.6 Å². The summed E-state index contributed by atoms with van der Waals surface area (Å²) in [6.07, 6.45) is 3.71. The average molecular weight is 292 g/mol. The lowest BCUT2D eigenvalue weighted by atomic mass is 9.73. The van der Waals surface area contributed by atoms with E-state index in [1.807, 2.05) is 6.08 Å². The van der Waals surface area contributed by atoms with Gasteiger partial charge in [-0.3, -0.25) is 14.5 Å². The molecule has 2 aliphatic heterocycles. The van der Waals surface area contributed by atoms with Crippen LogP contribution in [-0.4, -0.2) is 50.2 Å². The zero-order valence-corrected chi connectivity index (χ0v) is 12.4. The maximum absolute atomic E-state index is 11.9. The number of ether oxygens (including phenoxy) is 2. The Morgan fingerprint density at radius 3 is 2.81 bits per heavy atom. The van der Waals surface area contributed by atoms with Gasteiger partial charge in [-0.15, -0.1) is 0 Å². The van der Waals surface area contributed by atoms with Crippen LogP contribution in [0.5, 0.6) is 0 Å². The molecule has 3 atom stereocenters. The van der Waals surface area contributed by atoms with Crippen LogP contribution in [0, 0.1) is 23.2 Å². The minimum Gasteiger partial charge on any atom is -0.469 e. The largest absolute Gasteiger partial charge is 0.469 e. The number of carbonyl (C=O) groups excluding carboxylic acids is 2. The maximum atomic E-state index is 11.9. The maximum Gasteiger partial charge on any atom is 0.310 e. The summed E-state index contributed by atoms with van der Waals surface area (Å²) < 4.78 is 9.49. The van der Waals surface area contributed by atoms with E-state index in [4.69, 9.17) is 4.74 Å². The molecule has 0 amide bonds. The second kappa shape index (κ2) is 6.72. The Morgan fingerprint density at radius 2 is 2.19 bits per heavy atom. The van der Waals surface area contributed by atoms with Gasteiger partial charge in [-0.2, -0.15) is 5.26 Å². The Kier molecular flexibility index (Phi) is 4.97. The highest BCUT2D eigenvalue weighted by atomic mass is 16.5. The molecule has 0 aromatic rings. The predicted molar refractivity (Wildman–Crippen MR) is 73.9 cm³/mol. The smallest absolute Gasteiger partial charge is 0.310 e. The molecule has 0 aromatic carbocycles. The lowest BCUT2D eigenvalue weighted by Gasteiger charge is -2.46. The molecule has 0 saturated carbocycles. The minimum atomic E-state index is -0.286. The van der Waals surface area contributed by atoms with Gasteiger partial charge in [0.25, 0.3) is 0 Å². The molecular weight excluding hydrogens is 272 g/mol. The van der Waals surface area contributed by atoms with Crippen molar-refractivity contribution in [1.82, 2.24) is 4.90 Å². The zero-order valence-electron chi connectivity index (χ0n) is 12.4. The number of fused-ring (bicyclic) bond motifs is 2. The number of methoxy groups -OCH3 is 2. The van der Waals surface area contributed by atoms with Crippen LogP contribution in [0.1, 0.15) is 19.3 Å². The van der Waals surface area contributed by atoms with Gasteiger partial charge in [-0.25, -0.2) is 0 Å². The van der Waals surface area contributed by atoms with Crippen molar-refractivity contribution in [2.45, 2.75) is 25.3 Å². The molecule has 6 heteroatoms. The summed E-state index contributed by atoms with van der Waals surface area (Å²) in [5, 5.41) is 9.28. The van der Waals surface area contributed by atoms with Crippen LogP contribution < -0.4 is 0 Å². The predicted octanol–water partition coefficient (Wildman–Crippen LogP) is 0.883. The van der Waals surface area contributed by atoms with Crippen molar-refractivity contribution in [3.63, 3.8) is 0 Å². The van der Waals surface area contributed by atoms with Crippen molar-refractivity contribution < 1.29 is 19.1 Å². The molecule has 0 spiro atoms. The first-order valence-corrected chi connectivity index (χ1v) is 7.11. The number of piperidine rings is 1. The second-order valence-electron chi connectivity index (χ2n) is 5.48. The highest BCUT2D eigenvalue weighted by Gasteiger charge is 2.45. The SMILES string of the molecule is COC(=O)CCCN1C[C@@H]2C=C(C#N)[C@H]1[C@@H](C(=O)OC)C2. The van der Waals surface area contributed by atoms with E-state index in [9.17, 15) is 14.9 Å². The standard InChI is InChI=1S/C15H20N2O4/c1-20-13(18)4-3-5-17-9-10-6-11(8-16)14(17)12(7-10)15(19)21-2/h6,10,12,14H,3-5,7,9H2,1-2H3/t10-,12+,14+/m1/s1. The third kappa shape index (κ3) is 3.24. The van der Waals surface area contributed by atoms with Gasteiger partial charge in [-0.1, -0.05) is 6.08 Å². The summed E-state index contributed by atoms with van der Waals surface area (Å²) in [5.74, 6) is -0.584. The Hall–Kier alpha value is -1.87. The quantitative estimate of drug-likeness (QED) is 0.700. The molecule has 1 fully saturated rings. The zero-order chi connectivity index (χ0) is 15.4. The van der Waals surface area contributed by atoms with Crippen LogP contribution in [0.15, 0.2) is 11.6 Å². The van der Waals surface area contributed by atoms with E-state index < -0.39 is 0 Å². The fourth-order valence-corrected chi connectivity index (χ4v) is 3.32. The molecule has 0 N–H and O–H groups in total. The summed E-state index contributed by atoms with van der Waals surface area (Å²) in [5.41, 5.74) is 0.644. The first kappa shape index (κ1) is 15.5. The lowest BCUT2D eigenvalue weighted by Crippen LogP contribution is -2.55. The van der Waals surface area contributed by atoms with Gasteiger partial charge >= 0.3 is 11.9 Å². The van der Waals surface area contributed by atoms with E-state index in [0.29, 0.717) is 25.0 Å². The molecule has 3 aliphatic rings. The second-order valence-corrected chi connectivity index (χ2v) is 5.48. The molecule has 0 radical (unpaired) electrons. The summed E-state index contributed by atoms with van der Waals surface area (Å²) in [4.78, 5) is 25.2. The molecule has 1 saturated heterocycles. The van der Waals surface area contributed by atoms with Crippen LogP contribution in [0.4, 0.5) is 0 Å². The highest BCUT2D eigenvalue weighted by Crippen LogP contribution is 2.39. The van der Waals surface area contributed by atoms with Crippen molar-refractivity contribution >= 4 is 11.9 Å². The number of rotatable bonds is 5. The van der Waals surface area contributed by atoms with Gasteiger partial charge in [0.2, 0.25) is 0 Å². The van der Waals surface area contributed by atoms with Crippen molar-refractivity contribution in [2.75, 3.05) is 27.3 Å². The molecule has 0 aromatic heterocycles. The van der Waals surface area contributed by atoms with Crippen molar-refractivity contribution in [3.05, 3.63) is 11.6 Å². The summed E-state index contributed by atoms with van der Waals surface area (Å²) in [7, 11) is 2.75. The van der Waals surface area contributed by atoms with Crippen LogP contribution in [-0.2, 0) is 19.1 Å². The van der Waals surface area contributed by atoms with Crippen LogP contribution in [0.2, 0.25) is 0 Å². The van der Waals surface area contributed by atoms with Crippen LogP contribution in [0.3, 0.4) is 0 Å². The number of hydrogen-bond acceptors (Lipinski definition) is 6. The molecule has 3 rings (SSSR count). The van der Waals surface area contributed by atoms with Gasteiger partial charge in [0.05, 0.1) is 32.2 Å². The molecule has 6 nitrogen and oxygen atoms in total. The number of esters is 2. The third-order valence-corrected chi connectivity index (χ3v) is 4.22. The number of carbonyl (C=O) groups is 2. The monoisotopic (exact) mass is 292 g/mol. The van der Waals surface area contributed by atoms with Crippen molar-refractivity contribution in [3.8, 4) is 6.07 Å². The number of nitriles is 1. The lowest BCUT2D eigenvalue weighted by molar-refractivity contribution is -0.150. The van der Waals surface area contributed by atoms with Crippen molar-refractivity contribution in [2.24, 2.45) is 11.8 Å². The molecule has 0 unspecified atom stereocenters. The summed E-state index contributed by atoms with van der Waals surface area (Å²) in [6.45, 7) is 1.49. The Morgan fingerprint density at radius 1 is 1.43 bits per heavy atom. The summed E-state index contributed by atoms with van der Waals surface area (Å²) >= 11 is 0. The molecular formula is C15H20N2O4. The van der Waals surface area contributed by atoms with Gasteiger partial charge in [0, 0.05) is 18.5 Å². The Balaban J connectivity index is 2.06. The first-order chi connectivity index (χ1) is 10.1. The van der Waals surface area contributed by atoms with Gasteiger partial charge in [0.1, 0.15) is 0 Å². The third-order valence-electron chi connectivity index (χ3n) is 4.22. The van der Waals surface area contributed by atoms with Crippen LogP contribution in [0.25, 0.3) is 0 Å². The molecule has 2 bridgehead atoms. The Labute approximate surface area is 124 Å². The van der Waals surface area contributed by atoms with E-state index >= 15 is 0 Å². The van der Waals surface area contributed by atoms with Crippen molar-refractivity contribution in [1.29, 1.82) is 5.26 Å². The van der Waals surface area contributed by atoms with E-state index in [0.717, 1.165) is 13.0 Å². The Bertz CT molecular complexity index is 494. The molecule has 1 aliphatic carbocycles.